The van der Waals surface area contributed by atoms with Crippen LogP contribution in [0.2, 0.25) is 0 Å². The largest absolute Gasteiger partial charge is 0.300 e. The standard InChI is InChI=1S/C10H14N2O/c1-4-9-6-5-7-10(11-9)12(3)8(2)13/h5-7H,4H2,1-3H3. The number of aromatic nitrogens is 1. The number of aryl methyl sites for hydroxylation is 1. The molecule has 0 bridgehead atoms. The van der Waals surface area contributed by atoms with Gasteiger partial charge in [0.25, 0.3) is 0 Å². The normalized spacial score (nSPS) is 9.77. The summed E-state index contributed by atoms with van der Waals surface area (Å²) in [7, 11) is 1.73. The third-order valence-corrected chi connectivity index (χ3v) is 1.97. The van der Waals surface area contributed by atoms with Gasteiger partial charge in [-0.25, -0.2) is 4.98 Å². The van der Waals surface area contributed by atoms with E-state index in [4.69, 9.17) is 0 Å². The van der Waals surface area contributed by atoms with E-state index in [1.165, 1.54) is 6.92 Å². The summed E-state index contributed by atoms with van der Waals surface area (Å²) >= 11 is 0. The highest BCUT2D eigenvalue weighted by Gasteiger charge is 2.06. The number of carbonyl (C=O) groups excluding carboxylic acids is 1. The maximum atomic E-state index is 11.0. The van der Waals surface area contributed by atoms with Gasteiger partial charge in [-0.05, 0) is 18.6 Å². The van der Waals surface area contributed by atoms with Crippen molar-refractivity contribution in [1.29, 1.82) is 0 Å². The van der Waals surface area contributed by atoms with Gasteiger partial charge < -0.3 is 4.90 Å². The van der Waals surface area contributed by atoms with Crippen LogP contribution in [0.3, 0.4) is 0 Å². The van der Waals surface area contributed by atoms with E-state index in [0.29, 0.717) is 5.82 Å². The van der Waals surface area contributed by atoms with E-state index in [2.05, 4.69) is 4.98 Å². The van der Waals surface area contributed by atoms with Crippen molar-refractivity contribution in [3.8, 4) is 0 Å². The molecule has 3 nitrogen and oxygen atoms in total. The third-order valence-electron chi connectivity index (χ3n) is 1.97. The van der Waals surface area contributed by atoms with Gasteiger partial charge in [0.15, 0.2) is 0 Å². The first-order chi connectivity index (χ1) is 6.15. The minimum absolute atomic E-state index is 0.000697. The summed E-state index contributed by atoms with van der Waals surface area (Å²) in [5.74, 6) is 0.715. The SMILES string of the molecule is CCc1cccc(N(C)C(C)=O)n1. The van der Waals surface area contributed by atoms with Crippen molar-refractivity contribution >= 4 is 11.7 Å². The molecule has 0 aliphatic carbocycles. The summed E-state index contributed by atoms with van der Waals surface area (Å²) in [6.45, 7) is 3.57. The van der Waals surface area contributed by atoms with Crippen LogP contribution in [0.1, 0.15) is 19.5 Å². The molecule has 0 atom stereocenters. The molecule has 0 aromatic carbocycles. The monoisotopic (exact) mass is 178 g/mol. The Morgan fingerprint density at radius 3 is 2.77 bits per heavy atom. The molecule has 0 saturated heterocycles. The van der Waals surface area contributed by atoms with Gasteiger partial charge in [-0.1, -0.05) is 13.0 Å². The summed E-state index contributed by atoms with van der Waals surface area (Å²) in [6, 6.07) is 5.71. The van der Waals surface area contributed by atoms with E-state index in [-0.39, 0.29) is 5.91 Å². The molecular formula is C10H14N2O. The second-order valence-corrected chi connectivity index (χ2v) is 2.92. The summed E-state index contributed by atoms with van der Waals surface area (Å²) in [6.07, 6.45) is 0.888. The van der Waals surface area contributed by atoms with Crippen molar-refractivity contribution in [2.24, 2.45) is 0 Å². The Bertz CT molecular complexity index is 310. The van der Waals surface area contributed by atoms with Crippen LogP contribution in [-0.4, -0.2) is 17.9 Å². The van der Waals surface area contributed by atoms with E-state index in [9.17, 15) is 4.79 Å². The van der Waals surface area contributed by atoms with Gasteiger partial charge in [0.05, 0.1) is 0 Å². The smallest absolute Gasteiger partial charge is 0.224 e. The van der Waals surface area contributed by atoms with E-state index in [1.807, 2.05) is 25.1 Å². The van der Waals surface area contributed by atoms with Gasteiger partial charge in [-0.2, -0.15) is 0 Å². The zero-order chi connectivity index (χ0) is 9.84. The van der Waals surface area contributed by atoms with Crippen LogP contribution in [0.15, 0.2) is 18.2 Å². The fourth-order valence-electron chi connectivity index (χ4n) is 1.01. The molecule has 0 fully saturated rings. The van der Waals surface area contributed by atoms with Crippen LogP contribution in [0.4, 0.5) is 5.82 Å². The highest BCUT2D eigenvalue weighted by Crippen LogP contribution is 2.09. The number of carbonyl (C=O) groups is 1. The molecule has 1 aromatic heterocycles. The molecule has 0 saturated carbocycles. The molecule has 1 rings (SSSR count). The lowest BCUT2D eigenvalue weighted by molar-refractivity contribution is -0.116. The van der Waals surface area contributed by atoms with Crippen LogP contribution in [0.25, 0.3) is 0 Å². The molecule has 0 radical (unpaired) electrons. The lowest BCUT2D eigenvalue weighted by Gasteiger charge is -2.13. The number of amides is 1. The van der Waals surface area contributed by atoms with Crippen LogP contribution >= 0.6 is 0 Å². The molecule has 70 valence electrons. The Morgan fingerprint density at radius 1 is 1.54 bits per heavy atom. The molecule has 1 aromatic rings. The maximum absolute atomic E-state index is 11.0. The number of hydrogen-bond donors (Lipinski definition) is 0. The average Bonchev–Trinajstić information content (AvgIpc) is 2.16. The van der Waals surface area contributed by atoms with Gasteiger partial charge >= 0.3 is 0 Å². The van der Waals surface area contributed by atoms with E-state index in [0.717, 1.165) is 12.1 Å². The van der Waals surface area contributed by atoms with E-state index in [1.54, 1.807) is 11.9 Å². The van der Waals surface area contributed by atoms with Gasteiger partial charge in [0.1, 0.15) is 5.82 Å². The Kier molecular flexibility index (Phi) is 3.01. The minimum Gasteiger partial charge on any atom is -0.300 e. The maximum Gasteiger partial charge on any atom is 0.224 e. The van der Waals surface area contributed by atoms with Gasteiger partial charge in [0, 0.05) is 19.7 Å². The van der Waals surface area contributed by atoms with Gasteiger partial charge in [-0.15, -0.1) is 0 Å². The van der Waals surface area contributed by atoms with Crippen molar-refractivity contribution < 1.29 is 4.79 Å². The van der Waals surface area contributed by atoms with E-state index < -0.39 is 0 Å². The lowest BCUT2D eigenvalue weighted by Crippen LogP contribution is -2.24. The van der Waals surface area contributed by atoms with Gasteiger partial charge in [0.2, 0.25) is 5.91 Å². The highest BCUT2D eigenvalue weighted by molar-refractivity contribution is 5.89. The second kappa shape index (κ2) is 4.03. The van der Waals surface area contributed by atoms with Crippen molar-refractivity contribution in [3.05, 3.63) is 23.9 Å². The Hall–Kier alpha value is -1.38. The zero-order valence-electron chi connectivity index (χ0n) is 8.24. The summed E-state index contributed by atoms with van der Waals surface area (Å²) in [5.41, 5.74) is 1.01. The molecule has 3 heteroatoms. The first-order valence-electron chi connectivity index (χ1n) is 4.35. The highest BCUT2D eigenvalue weighted by atomic mass is 16.2. The molecule has 0 unspecified atom stereocenters. The molecule has 0 N–H and O–H groups in total. The Labute approximate surface area is 78.4 Å². The summed E-state index contributed by atoms with van der Waals surface area (Å²) < 4.78 is 0. The molecular weight excluding hydrogens is 164 g/mol. The molecule has 1 amide bonds. The van der Waals surface area contributed by atoms with Crippen LogP contribution in [0, 0.1) is 0 Å². The number of rotatable bonds is 2. The molecule has 1 heterocycles. The van der Waals surface area contributed by atoms with Crippen molar-refractivity contribution in [2.45, 2.75) is 20.3 Å². The number of hydrogen-bond acceptors (Lipinski definition) is 2. The van der Waals surface area contributed by atoms with Crippen LogP contribution < -0.4 is 4.90 Å². The van der Waals surface area contributed by atoms with Crippen LogP contribution in [-0.2, 0) is 11.2 Å². The van der Waals surface area contributed by atoms with Gasteiger partial charge in [-0.3, -0.25) is 4.79 Å². The molecule has 0 aliphatic rings. The minimum atomic E-state index is 0.000697. The van der Waals surface area contributed by atoms with Crippen molar-refractivity contribution in [3.63, 3.8) is 0 Å². The summed E-state index contributed by atoms with van der Waals surface area (Å²) in [5, 5.41) is 0. The Balaban J connectivity index is 2.94. The van der Waals surface area contributed by atoms with Crippen molar-refractivity contribution in [1.82, 2.24) is 4.98 Å². The fraction of sp³-hybridized carbons (Fsp3) is 0.400. The molecule has 0 aliphatic heterocycles. The Morgan fingerprint density at radius 2 is 2.23 bits per heavy atom. The van der Waals surface area contributed by atoms with Crippen LogP contribution in [0.5, 0.6) is 0 Å². The lowest BCUT2D eigenvalue weighted by atomic mass is 10.3. The van der Waals surface area contributed by atoms with Crippen molar-refractivity contribution in [2.75, 3.05) is 11.9 Å². The average molecular weight is 178 g/mol. The topological polar surface area (TPSA) is 33.2 Å². The summed E-state index contributed by atoms with van der Waals surface area (Å²) in [4.78, 5) is 16.9. The predicted octanol–water partition coefficient (Wildman–Crippen LogP) is 1.63. The number of nitrogens with zero attached hydrogens (tertiary/aromatic N) is 2. The molecule has 13 heavy (non-hydrogen) atoms. The molecule has 0 spiro atoms. The number of pyridine rings is 1. The van der Waals surface area contributed by atoms with E-state index >= 15 is 0 Å². The predicted molar refractivity (Wildman–Crippen MR) is 52.7 cm³/mol. The second-order valence-electron chi connectivity index (χ2n) is 2.92. The zero-order valence-corrected chi connectivity index (χ0v) is 8.24. The quantitative estimate of drug-likeness (QED) is 0.689. The first kappa shape index (κ1) is 9.71. The first-order valence-corrected chi connectivity index (χ1v) is 4.35. The fourth-order valence-corrected chi connectivity index (χ4v) is 1.01. The number of anilines is 1. The third kappa shape index (κ3) is 2.28.